The van der Waals surface area contributed by atoms with Crippen LogP contribution < -0.4 is 5.43 Å². The fraction of sp³-hybridized carbons (Fsp3) is 0. The Morgan fingerprint density at radius 1 is 1.18 bits per heavy atom. The van der Waals surface area contributed by atoms with Crippen molar-refractivity contribution >= 4 is 35.0 Å². The maximum Gasteiger partial charge on any atom is 0.312 e. The quantitative estimate of drug-likeness (QED) is 0.293. The molecule has 140 valence electrons. The van der Waals surface area contributed by atoms with Crippen LogP contribution in [0.5, 0.6) is 5.75 Å². The molecule has 8 nitrogen and oxygen atoms in total. The number of nitro benzene ring substituents is 1. The third-order valence-corrected chi connectivity index (χ3v) is 3.78. The van der Waals surface area contributed by atoms with Crippen molar-refractivity contribution in [3.05, 3.63) is 93.3 Å². The van der Waals surface area contributed by atoms with Crippen molar-refractivity contribution in [2.45, 2.75) is 0 Å². The molecule has 0 aliphatic carbocycles. The van der Waals surface area contributed by atoms with Gasteiger partial charge in [0.2, 0.25) is 5.75 Å². The summed E-state index contributed by atoms with van der Waals surface area (Å²) in [6.45, 7) is 0. The van der Waals surface area contributed by atoms with Gasteiger partial charge in [0.05, 0.1) is 16.8 Å². The van der Waals surface area contributed by atoms with E-state index in [9.17, 15) is 15.2 Å². The van der Waals surface area contributed by atoms with Crippen LogP contribution in [-0.2, 0) is 0 Å². The number of phenolic OH excluding ortho intramolecular Hbond substituents is 1. The van der Waals surface area contributed by atoms with Crippen molar-refractivity contribution in [3.63, 3.8) is 0 Å². The highest BCUT2D eigenvalue weighted by molar-refractivity contribution is 6.31. The zero-order chi connectivity index (χ0) is 19.9. The van der Waals surface area contributed by atoms with Gasteiger partial charge in [-0.15, -0.1) is 0 Å². The van der Waals surface area contributed by atoms with Gasteiger partial charge in [-0.3, -0.25) is 20.5 Å². The minimum absolute atomic E-state index is 0.0896. The number of aliphatic imine (C=N–C) groups is 1. The molecular formula is C19H14ClN5O3. The number of hydrazone groups is 1. The highest BCUT2D eigenvalue weighted by Crippen LogP contribution is 2.32. The molecule has 0 spiro atoms. The maximum atomic E-state index is 11.0. The SMILES string of the molecule is O=[N+]([O-])c1cc(Cl)cc(C=NNC(=Nc2ccccc2)c2ccccn2)c1O. The number of hydrogen-bond acceptors (Lipinski definition) is 6. The third-order valence-electron chi connectivity index (χ3n) is 3.56. The molecule has 0 aliphatic rings. The lowest BCUT2D eigenvalue weighted by atomic mass is 10.2. The summed E-state index contributed by atoms with van der Waals surface area (Å²) >= 11 is 5.88. The van der Waals surface area contributed by atoms with E-state index in [2.05, 4.69) is 20.5 Å². The first-order chi connectivity index (χ1) is 13.5. The molecule has 9 heteroatoms. The van der Waals surface area contributed by atoms with Crippen molar-refractivity contribution in [1.29, 1.82) is 0 Å². The number of halogens is 1. The molecule has 0 amide bonds. The van der Waals surface area contributed by atoms with E-state index >= 15 is 0 Å². The predicted octanol–water partition coefficient (Wildman–Crippen LogP) is 4.05. The molecule has 1 heterocycles. The van der Waals surface area contributed by atoms with E-state index in [1.54, 1.807) is 24.4 Å². The van der Waals surface area contributed by atoms with Gasteiger partial charge in [0.25, 0.3) is 0 Å². The average Bonchev–Trinajstić information content (AvgIpc) is 2.70. The van der Waals surface area contributed by atoms with Crippen molar-refractivity contribution in [2.24, 2.45) is 10.1 Å². The maximum absolute atomic E-state index is 11.0. The molecule has 0 saturated heterocycles. The summed E-state index contributed by atoms with van der Waals surface area (Å²) < 4.78 is 0. The summed E-state index contributed by atoms with van der Waals surface area (Å²) in [4.78, 5) is 19.0. The van der Waals surface area contributed by atoms with Gasteiger partial charge >= 0.3 is 5.69 Å². The summed E-state index contributed by atoms with van der Waals surface area (Å²) in [5, 5.41) is 25.2. The Bertz CT molecular complexity index is 1040. The Balaban J connectivity index is 1.91. The van der Waals surface area contributed by atoms with Gasteiger partial charge in [-0.05, 0) is 30.3 Å². The molecule has 2 N–H and O–H groups in total. The number of phenols is 1. The molecular weight excluding hydrogens is 382 g/mol. The Kier molecular flexibility index (Phi) is 5.93. The number of rotatable bonds is 5. The zero-order valence-electron chi connectivity index (χ0n) is 14.4. The second-order valence-corrected chi connectivity index (χ2v) is 5.94. The van der Waals surface area contributed by atoms with Crippen LogP contribution in [0.1, 0.15) is 11.3 Å². The number of amidine groups is 1. The van der Waals surface area contributed by atoms with E-state index in [1.165, 1.54) is 12.3 Å². The van der Waals surface area contributed by atoms with Gasteiger partial charge in [-0.25, -0.2) is 4.99 Å². The Morgan fingerprint density at radius 3 is 2.61 bits per heavy atom. The number of nitro groups is 1. The molecule has 0 radical (unpaired) electrons. The summed E-state index contributed by atoms with van der Waals surface area (Å²) in [5.41, 5.74) is 3.58. The lowest BCUT2D eigenvalue weighted by Gasteiger charge is -2.06. The molecule has 0 fully saturated rings. The van der Waals surface area contributed by atoms with Crippen LogP contribution in [0.15, 0.2) is 77.0 Å². The van der Waals surface area contributed by atoms with Crippen LogP contribution in [0.2, 0.25) is 5.02 Å². The first kappa shape index (κ1) is 19.0. The van der Waals surface area contributed by atoms with Crippen molar-refractivity contribution < 1.29 is 10.0 Å². The molecule has 0 unspecified atom stereocenters. The fourth-order valence-electron chi connectivity index (χ4n) is 2.28. The molecule has 0 aliphatic heterocycles. The second kappa shape index (κ2) is 8.74. The third kappa shape index (κ3) is 4.68. The van der Waals surface area contributed by atoms with Crippen LogP contribution in [0.25, 0.3) is 0 Å². The number of nitrogens with one attached hydrogen (secondary N) is 1. The molecule has 2 aromatic carbocycles. The number of aromatic nitrogens is 1. The number of benzene rings is 2. The van der Waals surface area contributed by atoms with Crippen molar-refractivity contribution in [1.82, 2.24) is 10.4 Å². The molecule has 28 heavy (non-hydrogen) atoms. The molecule has 3 aromatic rings. The van der Waals surface area contributed by atoms with Gasteiger partial charge in [0, 0.05) is 22.8 Å². The van der Waals surface area contributed by atoms with E-state index in [0.717, 1.165) is 6.07 Å². The van der Waals surface area contributed by atoms with E-state index in [4.69, 9.17) is 11.6 Å². The number of nitrogens with zero attached hydrogens (tertiary/aromatic N) is 4. The Hall–Kier alpha value is -3.78. The van der Waals surface area contributed by atoms with Gasteiger partial charge in [0.1, 0.15) is 5.69 Å². The lowest BCUT2D eigenvalue weighted by molar-refractivity contribution is -0.385. The Labute approximate surface area is 165 Å². The number of para-hydroxylation sites is 1. The van der Waals surface area contributed by atoms with E-state index in [1.807, 2.05) is 30.3 Å². The lowest BCUT2D eigenvalue weighted by Crippen LogP contribution is -2.20. The fourth-order valence-corrected chi connectivity index (χ4v) is 2.50. The van der Waals surface area contributed by atoms with Gasteiger partial charge in [0.15, 0.2) is 5.84 Å². The molecule has 3 rings (SSSR count). The number of aromatic hydroxyl groups is 1. The van der Waals surface area contributed by atoms with Crippen LogP contribution in [0.4, 0.5) is 11.4 Å². The van der Waals surface area contributed by atoms with Crippen molar-refractivity contribution in [3.8, 4) is 5.75 Å². The first-order valence-corrected chi connectivity index (χ1v) is 8.43. The topological polar surface area (TPSA) is 113 Å². The Morgan fingerprint density at radius 2 is 1.93 bits per heavy atom. The van der Waals surface area contributed by atoms with E-state index < -0.39 is 16.4 Å². The van der Waals surface area contributed by atoms with E-state index in [0.29, 0.717) is 17.2 Å². The van der Waals surface area contributed by atoms with Crippen LogP contribution in [-0.4, -0.2) is 27.1 Å². The number of hydrogen-bond donors (Lipinski definition) is 2. The molecule has 0 atom stereocenters. The summed E-state index contributed by atoms with van der Waals surface area (Å²) in [5.74, 6) is -0.168. The minimum Gasteiger partial charge on any atom is -0.502 e. The van der Waals surface area contributed by atoms with Gasteiger partial charge in [-0.2, -0.15) is 5.10 Å². The molecule has 0 saturated carbocycles. The predicted molar refractivity (Wildman–Crippen MR) is 107 cm³/mol. The first-order valence-electron chi connectivity index (χ1n) is 8.05. The van der Waals surface area contributed by atoms with E-state index in [-0.39, 0.29) is 10.6 Å². The normalized spacial score (nSPS) is 11.5. The minimum atomic E-state index is -0.720. The van der Waals surface area contributed by atoms with Gasteiger partial charge in [-0.1, -0.05) is 35.9 Å². The van der Waals surface area contributed by atoms with Crippen LogP contribution in [0.3, 0.4) is 0 Å². The van der Waals surface area contributed by atoms with Crippen LogP contribution >= 0.6 is 11.6 Å². The zero-order valence-corrected chi connectivity index (χ0v) is 15.1. The summed E-state index contributed by atoms with van der Waals surface area (Å²) in [7, 11) is 0. The summed E-state index contributed by atoms with van der Waals surface area (Å²) in [6.07, 6.45) is 2.84. The van der Waals surface area contributed by atoms with Gasteiger partial charge < -0.3 is 5.11 Å². The number of pyridine rings is 1. The van der Waals surface area contributed by atoms with Crippen LogP contribution in [0, 0.1) is 10.1 Å². The largest absolute Gasteiger partial charge is 0.502 e. The highest BCUT2D eigenvalue weighted by atomic mass is 35.5. The standard InChI is InChI=1S/C19H14ClN5O3/c20-14-10-13(18(26)17(11-14)25(27)28)12-22-24-19(16-8-4-5-9-21-16)23-15-6-2-1-3-7-15/h1-12,26H,(H,23,24). The monoisotopic (exact) mass is 395 g/mol. The summed E-state index contributed by atoms with van der Waals surface area (Å²) in [6, 6.07) is 17.0. The average molecular weight is 396 g/mol. The second-order valence-electron chi connectivity index (χ2n) is 5.50. The molecule has 1 aromatic heterocycles. The smallest absolute Gasteiger partial charge is 0.312 e. The van der Waals surface area contributed by atoms with Crippen molar-refractivity contribution in [2.75, 3.05) is 0 Å². The highest BCUT2D eigenvalue weighted by Gasteiger charge is 2.17. The molecule has 0 bridgehead atoms.